The topological polar surface area (TPSA) is 79.7 Å². The first kappa shape index (κ1) is 18.1. The van der Waals surface area contributed by atoms with Gasteiger partial charge in [0.05, 0.1) is 7.11 Å². The van der Waals surface area contributed by atoms with Crippen LogP contribution in [0.3, 0.4) is 0 Å². The molecule has 1 saturated heterocycles. The molecule has 0 bridgehead atoms. The van der Waals surface area contributed by atoms with E-state index in [9.17, 15) is 4.91 Å². The number of benzene rings is 1. The van der Waals surface area contributed by atoms with Crippen LogP contribution in [0, 0.1) is 10.8 Å². The summed E-state index contributed by atoms with van der Waals surface area (Å²) in [6.45, 7) is 4.01. The molecular formula is C19H25N5O2. The van der Waals surface area contributed by atoms with Crippen LogP contribution in [0.1, 0.15) is 32.6 Å². The number of nitrogens with zero attached hydrogens (tertiary/aromatic N) is 4. The molecular weight excluding hydrogens is 330 g/mol. The van der Waals surface area contributed by atoms with E-state index in [0.29, 0.717) is 11.6 Å². The van der Waals surface area contributed by atoms with Gasteiger partial charge in [0.25, 0.3) is 0 Å². The van der Waals surface area contributed by atoms with E-state index in [1.807, 2.05) is 24.3 Å². The van der Waals surface area contributed by atoms with Crippen molar-refractivity contribution in [2.45, 2.75) is 32.6 Å². The van der Waals surface area contributed by atoms with Gasteiger partial charge in [0, 0.05) is 24.8 Å². The first-order valence-corrected chi connectivity index (χ1v) is 9.09. The fourth-order valence-corrected chi connectivity index (χ4v) is 3.46. The minimum Gasteiger partial charge on any atom is -0.497 e. The molecule has 1 aromatic carbocycles. The van der Waals surface area contributed by atoms with E-state index in [0.717, 1.165) is 43.3 Å². The van der Waals surface area contributed by atoms with E-state index in [-0.39, 0.29) is 5.69 Å². The highest BCUT2D eigenvalue weighted by molar-refractivity contribution is 5.77. The number of hydrogen-bond acceptors (Lipinski definition) is 7. The van der Waals surface area contributed by atoms with E-state index >= 15 is 0 Å². The highest BCUT2D eigenvalue weighted by Crippen LogP contribution is 2.36. The summed E-state index contributed by atoms with van der Waals surface area (Å²) in [5.41, 5.74) is 1.03. The summed E-state index contributed by atoms with van der Waals surface area (Å²) in [6, 6.07) is 7.45. The van der Waals surface area contributed by atoms with Crippen LogP contribution >= 0.6 is 0 Å². The van der Waals surface area contributed by atoms with Gasteiger partial charge in [0.15, 0.2) is 17.3 Å². The number of aromatic nitrogens is 2. The molecule has 0 aliphatic carbocycles. The molecule has 26 heavy (non-hydrogen) atoms. The molecule has 0 saturated carbocycles. The van der Waals surface area contributed by atoms with Crippen LogP contribution in [0.5, 0.6) is 5.75 Å². The zero-order valence-electron chi connectivity index (χ0n) is 15.3. The van der Waals surface area contributed by atoms with Crippen molar-refractivity contribution >= 4 is 23.0 Å². The molecule has 1 fully saturated rings. The molecule has 0 spiro atoms. The Hall–Kier alpha value is -2.70. The first-order valence-electron chi connectivity index (χ1n) is 9.09. The minimum atomic E-state index is 0.254. The van der Waals surface area contributed by atoms with E-state index in [4.69, 9.17) is 4.74 Å². The van der Waals surface area contributed by atoms with Crippen LogP contribution in [-0.4, -0.2) is 30.2 Å². The molecule has 1 N–H and O–H groups in total. The molecule has 1 aromatic heterocycles. The maximum absolute atomic E-state index is 11.5. The third-order valence-corrected chi connectivity index (χ3v) is 4.84. The lowest BCUT2D eigenvalue weighted by atomic mass is 9.92. The second-order valence-corrected chi connectivity index (χ2v) is 6.56. The van der Waals surface area contributed by atoms with Crippen LogP contribution in [0.2, 0.25) is 0 Å². The number of ether oxygens (including phenoxy) is 1. The Morgan fingerprint density at radius 2 is 2.12 bits per heavy atom. The molecule has 2 heterocycles. The molecule has 1 aliphatic rings. The molecule has 0 unspecified atom stereocenters. The van der Waals surface area contributed by atoms with E-state index < -0.39 is 0 Å². The van der Waals surface area contributed by atoms with E-state index in [1.165, 1.54) is 19.2 Å². The fourth-order valence-electron chi connectivity index (χ4n) is 3.46. The Bertz CT molecular complexity index is 744. The normalized spacial score (nSPS) is 14.9. The van der Waals surface area contributed by atoms with Gasteiger partial charge in [-0.25, -0.2) is 9.97 Å². The molecule has 138 valence electrons. The smallest absolute Gasteiger partial charge is 0.192 e. The Labute approximate surface area is 153 Å². The van der Waals surface area contributed by atoms with Crippen LogP contribution in [0.4, 0.5) is 23.0 Å². The highest BCUT2D eigenvalue weighted by Gasteiger charge is 2.24. The summed E-state index contributed by atoms with van der Waals surface area (Å²) in [5, 5.41) is 6.38. The Balaban J connectivity index is 1.80. The number of piperidine rings is 1. The molecule has 3 rings (SSSR count). The van der Waals surface area contributed by atoms with Crippen molar-refractivity contribution in [3.05, 3.63) is 35.5 Å². The third kappa shape index (κ3) is 4.09. The molecule has 7 heteroatoms. The predicted octanol–water partition coefficient (Wildman–Crippen LogP) is 4.64. The summed E-state index contributed by atoms with van der Waals surface area (Å²) < 4.78 is 5.23. The van der Waals surface area contributed by atoms with Gasteiger partial charge < -0.3 is 15.0 Å². The monoisotopic (exact) mass is 355 g/mol. The third-order valence-electron chi connectivity index (χ3n) is 4.84. The lowest BCUT2D eigenvalue weighted by Gasteiger charge is -2.33. The van der Waals surface area contributed by atoms with Crippen molar-refractivity contribution in [1.29, 1.82) is 0 Å². The van der Waals surface area contributed by atoms with Crippen LogP contribution in [-0.2, 0) is 0 Å². The number of methoxy groups -OCH3 is 1. The van der Waals surface area contributed by atoms with Gasteiger partial charge in [0.1, 0.15) is 12.1 Å². The summed E-state index contributed by atoms with van der Waals surface area (Å²) in [6.07, 6.45) is 6.20. The Morgan fingerprint density at radius 1 is 1.31 bits per heavy atom. The quantitative estimate of drug-likeness (QED) is 0.729. The molecule has 0 radical (unpaired) electrons. The van der Waals surface area contributed by atoms with Gasteiger partial charge in [-0.3, -0.25) is 0 Å². The zero-order chi connectivity index (χ0) is 18.4. The van der Waals surface area contributed by atoms with Gasteiger partial charge >= 0.3 is 0 Å². The Kier molecular flexibility index (Phi) is 5.99. The van der Waals surface area contributed by atoms with Crippen LogP contribution in [0.15, 0.2) is 35.8 Å². The van der Waals surface area contributed by atoms with E-state index in [1.54, 1.807) is 7.11 Å². The number of anilines is 3. The summed E-state index contributed by atoms with van der Waals surface area (Å²) in [7, 11) is 1.61. The molecule has 7 nitrogen and oxygen atoms in total. The maximum atomic E-state index is 11.5. The molecule has 2 aromatic rings. The highest BCUT2D eigenvalue weighted by atomic mass is 16.5. The van der Waals surface area contributed by atoms with Crippen molar-refractivity contribution in [2.75, 3.05) is 30.4 Å². The fraction of sp³-hybridized carbons (Fsp3) is 0.474. The van der Waals surface area contributed by atoms with Gasteiger partial charge in [-0.1, -0.05) is 25.8 Å². The van der Waals surface area contributed by atoms with Crippen LogP contribution < -0.4 is 15.0 Å². The average molecular weight is 355 g/mol. The summed E-state index contributed by atoms with van der Waals surface area (Å²) >= 11 is 0. The average Bonchev–Trinajstić information content (AvgIpc) is 2.69. The maximum Gasteiger partial charge on any atom is 0.192 e. The van der Waals surface area contributed by atoms with Gasteiger partial charge in [-0.15, -0.1) is 4.91 Å². The van der Waals surface area contributed by atoms with Crippen LogP contribution in [0.25, 0.3) is 0 Å². The number of nitroso groups, excluding NO2 is 1. The van der Waals surface area contributed by atoms with Gasteiger partial charge in [-0.2, -0.15) is 0 Å². The van der Waals surface area contributed by atoms with Crippen molar-refractivity contribution in [2.24, 2.45) is 11.1 Å². The Morgan fingerprint density at radius 3 is 2.81 bits per heavy atom. The molecule has 1 aliphatic heterocycles. The summed E-state index contributed by atoms with van der Waals surface area (Å²) in [4.78, 5) is 22.2. The van der Waals surface area contributed by atoms with Crippen molar-refractivity contribution < 1.29 is 4.74 Å². The van der Waals surface area contributed by atoms with Crippen molar-refractivity contribution in [1.82, 2.24) is 9.97 Å². The van der Waals surface area contributed by atoms with Crippen molar-refractivity contribution in [3.63, 3.8) is 0 Å². The number of hydrogen-bond donors (Lipinski definition) is 1. The van der Waals surface area contributed by atoms with Gasteiger partial charge in [-0.05, 0) is 36.1 Å². The molecule has 0 atom stereocenters. The second kappa shape index (κ2) is 8.60. The number of nitrogens with one attached hydrogen (secondary N) is 1. The SMILES string of the molecule is CCCC1CCN(c2ncnc(Nc3cccc(OC)c3)c2N=O)CC1. The zero-order valence-corrected chi connectivity index (χ0v) is 15.3. The predicted molar refractivity (Wildman–Crippen MR) is 104 cm³/mol. The summed E-state index contributed by atoms with van der Waals surface area (Å²) in [5.74, 6) is 2.51. The standard InChI is InChI=1S/C19H25N5O2/c1-3-5-14-8-10-24(11-9-14)19-17(23-25)18(20-13-21-19)22-15-6-4-7-16(12-15)26-2/h4,6-7,12-14H,3,5,8-11H2,1-2H3,(H,20,21,22). The van der Waals surface area contributed by atoms with Crippen molar-refractivity contribution in [3.8, 4) is 5.75 Å². The largest absolute Gasteiger partial charge is 0.497 e. The minimum absolute atomic E-state index is 0.254. The second-order valence-electron chi connectivity index (χ2n) is 6.56. The van der Waals surface area contributed by atoms with Gasteiger partial charge in [0.2, 0.25) is 0 Å². The first-order chi connectivity index (χ1) is 12.7. The lowest BCUT2D eigenvalue weighted by molar-refractivity contribution is 0.377. The number of rotatable bonds is 7. The van der Waals surface area contributed by atoms with E-state index in [2.05, 4.69) is 32.3 Å². The lowest BCUT2D eigenvalue weighted by Crippen LogP contribution is -2.34. The molecule has 0 amide bonds.